The molecule has 0 saturated heterocycles. The summed E-state index contributed by atoms with van der Waals surface area (Å²) in [6.45, 7) is 3.87. The van der Waals surface area contributed by atoms with Gasteiger partial charge >= 0.3 is 0 Å². The van der Waals surface area contributed by atoms with E-state index < -0.39 is 0 Å². The highest BCUT2D eigenvalue weighted by atomic mass is 16.1. The van der Waals surface area contributed by atoms with Gasteiger partial charge in [-0.25, -0.2) is 4.98 Å². The minimum atomic E-state index is -0.274. The molecule has 0 fully saturated rings. The summed E-state index contributed by atoms with van der Waals surface area (Å²) < 4.78 is 0. The van der Waals surface area contributed by atoms with Crippen molar-refractivity contribution in [1.29, 1.82) is 0 Å². The Hall–Kier alpha value is -2.17. The lowest BCUT2D eigenvalue weighted by Crippen LogP contribution is -2.10. The van der Waals surface area contributed by atoms with Crippen LogP contribution in [0.25, 0.3) is 11.5 Å². The lowest BCUT2D eigenvalue weighted by molar-refractivity contribution is 1.09. The number of nitrogens with two attached hydrogens (primary N) is 1. The van der Waals surface area contributed by atoms with Gasteiger partial charge in [-0.3, -0.25) is 9.78 Å². The van der Waals surface area contributed by atoms with Crippen LogP contribution in [-0.2, 0) is 0 Å². The zero-order chi connectivity index (χ0) is 11.7. The van der Waals surface area contributed by atoms with E-state index in [4.69, 9.17) is 5.73 Å². The second kappa shape index (κ2) is 3.77. The van der Waals surface area contributed by atoms with Gasteiger partial charge in [-0.1, -0.05) is 6.07 Å². The maximum atomic E-state index is 11.3. The fraction of sp³-hybridized carbons (Fsp3) is 0.182. The molecular weight excluding hydrogens is 204 g/mol. The highest BCUT2D eigenvalue weighted by molar-refractivity contribution is 5.56. The molecule has 0 amide bonds. The maximum Gasteiger partial charge on any atom is 0.253 e. The van der Waals surface area contributed by atoms with Crippen molar-refractivity contribution in [2.45, 2.75) is 13.8 Å². The van der Waals surface area contributed by atoms with Gasteiger partial charge in [0.15, 0.2) is 5.82 Å². The Kier molecular flexibility index (Phi) is 2.44. The van der Waals surface area contributed by atoms with Crippen LogP contribution in [-0.4, -0.2) is 15.0 Å². The average Bonchev–Trinajstić information content (AvgIpc) is 2.15. The van der Waals surface area contributed by atoms with Crippen LogP contribution >= 0.6 is 0 Å². The molecular formula is C11H12N4O. The third kappa shape index (κ3) is 1.93. The quantitative estimate of drug-likeness (QED) is 0.745. The molecule has 0 spiro atoms. The van der Waals surface area contributed by atoms with Crippen molar-refractivity contribution in [1.82, 2.24) is 15.0 Å². The molecule has 0 aromatic carbocycles. The second-order valence-corrected chi connectivity index (χ2v) is 3.70. The van der Waals surface area contributed by atoms with E-state index in [9.17, 15) is 4.79 Å². The average molecular weight is 216 g/mol. The summed E-state index contributed by atoms with van der Waals surface area (Å²) in [5.74, 6) is 0.600. The Balaban J connectivity index is 2.63. The Bertz CT molecular complexity index is 589. The molecule has 82 valence electrons. The molecule has 0 bridgehead atoms. The van der Waals surface area contributed by atoms with Gasteiger partial charge in [-0.05, 0) is 25.0 Å². The molecule has 2 aromatic heterocycles. The summed E-state index contributed by atoms with van der Waals surface area (Å²) in [4.78, 5) is 22.2. The molecule has 2 rings (SSSR count). The first-order valence-electron chi connectivity index (χ1n) is 4.87. The number of rotatable bonds is 1. The van der Waals surface area contributed by atoms with Crippen LogP contribution in [0, 0.1) is 13.8 Å². The number of aromatic amines is 1. The predicted molar refractivity (Wildman–Crippen MR) is 62.0 cm³/mol. The van der Waals surface area contributed by atoms with E-state index in [2.05, 4.69) is 15.0 Å². The van der Waals surface area contributed by atoms with Gasteiger partial charge in [-0.2, -0.15) is 0 Å². The summed E-state index contributed by atoms with van der Waals surface area (Å²) >= 11 is 0. The Labute approximate surface area is 92.4 Å². The SMILES string of the molecule is Cc1cnc(-c2nc(N)cc(=O)[nH]2)c(C)c1. The number of aromatic nitrogens is 3. The molecule has 16 heavy (non-hydrogen) atoms. The molecule has 0 unspecified atom stereocenters. The molecule has 0 atom stereocenters. The highest BCUT2D eigenvalue weighted by Gasteiger charge is 2.07. The highest BCUT2D eigenvalue weighted by Crippen LogP contribution is 2.16. The lowest BCUT2D eigenvalue weighted by Gasteiger charge is -2.05. The van der Waals surface area contributed by atoms with Crippen molar-refractivity contribution >= 4 is 5.82 Å². The van der Waals surface area contributed by atoms with E-state index in [1.54, 1.807) is 6.20 Å². The Morgan fingerprint density at radius 1 is 1.31 bits per heavy atom. The third-order valence-electron chi connectivity index (χ3n) is 2.20. The largest absolute Gasteiger partial charge is 0.383 e. The first-order chi connectivity index (χ1) is 7.56. The van der Waals surface area contributed by atoms with Gasteiger partial charge in [-0.15, -0.1) is 0 Å². The molecule has 5 heteroatoms. The molecule has 5 nitrogen and oxygen atoms in total. The lowest BCUT2D eigenvalue weighted by atomic mass is 10.1. The van der Waals surface area contributed by atoms with Crippen LogP contribution in [0.4, 0.5) is 5.82 Å². The summed E-state index contributed by atoms with van der Waals surface area (Å²) in [5, 5.41) is 0. The number of anilines is 1. The van der Waals surface area contributed by atoms with E-state index in [1.165, 1.54) is 6.07 Å². The van der Waals surface area contributed by atoms with Crippen molar-refractivity contribution < 1.29 is 0 Å². The number of nitrogens with one attached hydrogen (secondary N) is 1. The van der Waals surface area contributed by atoms with E-state index in [1.807, 2.05) is 19.9 Å². The molecule has 0 aliphatic heterocycles. The van der Waals surface area contributed by atoms with E-state index in [0.29, 0.717) is 11.5 Å². The van der Waals surface area contributed by atoms with Gasteiger partial charge in [0.1, 0.15) is 11.5 Å². The van der Waals surface area contributed by atoms with Gasteiger partial charge < -0.3 is 10.7 Å². The first-order valence-corrected chi connectivity index (χ1v) is 4.87. The maximum absolute atomic E-state index is 11.3. The fourth-order valence-electron chi connectivity index (χ4n) is 1.55. The molecule has 3 N–H and O–H groups in total. The standard InChI is InChI=1S/C11H12N4O/c1-6-3-7(2)10(13-5-6)11-14-8(12)4-9(16)15-11/h3-5H,1-2H3,(H3,12,14,15,16). The summed E-state index contributed by atoms with van der Waals surface area (Å²) in [6.07, 6.45) is 1.73. The van der Waals surface area contributed by atoms with Crippen molar-refractivity contribution in [3.05, 3.63) is 39.8 Å². The number of pyridine rings is 1. The Morgan fingerprint density at radius 2 is 2.06 bits per heavy atom. The number of nitrogens with zero attached hydrogens (tertiary/aromatic N) is 2. The van der Waals surface area contributed by atoms with Crippen LogP contribution in [0.1, 0.15) is 11.1 Å². The molecule has 2 heterocycles. The smallest absolute Gasteiger partial charge is 0.253 e. The minimum Gasteiger partial charge on any atom is -0.383 e. The Morgan fingerprint density at radius 3 is 2.69 bits per heavy atom. The zero-order valence-corrected chi connectivity index (χ0v) is 9.11. The second-order valence-electron chi connectivity index (χ2n) is 3.70. The minimum absolute atomic E-state index is 0.195. The van der Waals surface area contributed by atoms with E-state index >= 15 is 0 Å². The van der Waals surface area contributed by atoms with E-state index in [0.717, 1.165) is 11.1 Å². The van der Waals surface area contributed by atoms with Gasteiger partial charge in [0.05, 0.1) is 0 Å². The number of aryl methyl sites for hydroxylation is 2. The van der Waals surface area contributed by atoms with Crippen molar-refractivity contribution in [2.24, 2.45) is 0 Å². The van der Waals surface area contributed by atoms with Crippen molar-refractivity contribution in [3.63, 3.8) is 0 Å². The van der Waals surface area contributed by atoms with Crippen molar-refractivity contribution in [3.8, 4) is 11.5 Å². The first kappa shape index (κ1) is 10.4. The zero-order valence-electron chi connectivity index (χ0n) is 9.11. The summed E-state index contributed by atoms with van der Waals surface area (Å²) in [5.41, 5.74) is 7.91. The van der Waals surface area contributed by atoms with Gasteiger partial charge in [0.2, 0.25) is 0 Å². The molecule has 0 aliphatic carbocycles. The van der Waals surface area contributed by atoms with Crippen LogP contribution < -0.4 is 11.3 Å². The van der Waals surface area contributed by atoms with Crippen LogP contribution in [0.2, 0.25) is 0 Å². The van der Waals surface area contributed by atoms with Gasteiger partial charge in [0, 0.05) is 12.3 Å². The van der Waals surface area contributed by atoms with Crippen LogP contribution in [0.5, 0.6) is 0 Å². The molecule has 2 aromatic rings. The fourth-order valence-corrected chi connectivity index (χ4v) is 1.55. The topological polar surface area (TPSA) is 84.7 Å². The molecule has 0 aliphatic rings. The van der Waals surface area contributed by atoms with Crippen LogP contribution in [0.3, 0.4) is 0 Å². The monoisotopic (exact) mass is 216 g/mol. The van der Waals surface area contributed by atoms with E-state index in [-0.39, 0.29) is 11.4 Å². The van der Waals surface area contributed by atoms with Crippen molar-refractivity contribution in [2.75, 3.05) is 5.73 Å². The number of nitrogen functional groups attached to an aromatic ring is 1. The molecule has 0 saturated carbocycles. The normalized spacial score (nSPS) is 10.4. The van der Waals surface area contributed by atoms with Crippen LogP contribution in [0.15, 0.2) is 23.1 Å². The van der Waals surface area contributed by atoms with Gasteiger partial charge in [0.25, 0.3) is 5.56 Å². The number of H-pyrrole nitrogens is 1. The summed E-state index contributed by atoms with van der Waals surface area (Å²) in [7, 11) is 0. The number of hydrogen-bond donors (Lipinski definition) is 2. The summed E-state index contributed by atoms with van der Waals surface area (Å²) in [6, 6.07) is 3.22. The predicted octanol–water partition coefficient (Wildman–Crippen LogP) is 1.03. The number of hydrogen-bond acceptors (Lipinski definition) is 4. The third-order valence-corrected chi connectivity index (χ3v) is 2.20. The molecule has 0 radical (unpaired) electrons.